The Bertz CT molecular complexity index is 538. The van der Waals surface area contributed by atoms with Gasteiger partial charge in [0.25, 0.3) is 0 Å². The van der Waals surface area contributed by atoms with Crippen LogP contribution in [0.1, 0.15) is 19.8 Å². The number of ether oxygens (including phenoxy) is 2. The molecule has 0 aliphatic rings. The molecule has 0 saturated heterocycles. The molecule has 0 aliphatic heterocycles. The fourth-order valence-electron chi connectivity index (χ4n) is 1.94. The summed E-state index contributed by atoms with van der Waals surface area (Å²) in [6, 6.07) is 1.65. The largest absolute Gasteiger partial charge is 0.379 e. The van der Waals surface area contributed by atoms with Crippen LogP contribution in [0.2, 0.25) is 10.0 Å². The van der Waals surface area contributed by atoms with Crippen LogP contribution < -0.4 is 16.0 Å². The Balaban J connectivity index is 0.00000676. The molecule has 7 nitrogen and oxygen atoms in total. The fraction of sp³-hybridized carbons (Fsp3) is 0.647. The molecule has 0 unspecified atom stereocenters. The molecule has 10 heteroatoms. The van der Waals surface area contributed by atoms with Crippen molar-refractivity contribution < 1.29 is 9.47 Å². The van der Waals surface area contributed by atoms with E-state index in [1.807, 2.05) is 0 Å². The van der Waals surface area contributed by atoms with Crippen LogP contribution in [-0.2, 0) is 9.47 Å². The Kier molecular flexibility index (Phi) is 17.2. The van der Waals surface area contributed by atoms with Crippen molar-refractivity contribution in [2.75, 3.05) is 58.4 Å². The summed E-state index contributed by atoms with van der Waals surface area (Å²) in [7, 11) is 1.73. The van der Waals surface area contributed by atoms with Gasteiger partial charge in [0.05, 0.1) is 29.9 Å². The fourth-order valence-corrected chi connectivity index (χ4v) is 2.38. The average molecular weight is 534 g/mol. The predicted octanol–water partition coefficient (Wildman–Crippen LogP) is 3.42. The highest BCUT2D eigenvalue weighted by molar-refractivity contribution is 14.0. The lowest BCUT2D eigenvalue weighted by Crippen LogP contribution is -2.41. The van der Waals surface area contributed by atoms with E-state index in [2.05, 4.69) is 32.9 Å². The molecular weight excluding hydrogens is 504 g/mol. The maximum absolute atomic E-state index is 6.06. The standard InChI is InChI=1S/C17H29Cl2N5O2.HI/c1-3-4-8-25-10-11-26-9-7-23-17(20-2)22-6-5-21-16-15(19)12-14(18)13-24-16;/h12-13H,3-11H2,1-2H3,(H,21,24)(H2,20,22,23);1H. The van der Waals surface area contributed by atoms with Gasteiger partial charge in [-0.2, -0.15) is 0 Å². The van der Waals surface area contributed by atoms with Crippen LogP contribution in [-0.4, -0.2) is 64.1 Å². The first-order valence-corrected chi connectivity index (χ1v) is 9.58. The van der Waals surface area contributed by atoms with Crippen molar-refractivity contribution in [2.45, 2.75) is 19.8 Å². The lowest BCUT2D eigenvalue weighted by Gasteiger charge is -2.13. The minimum Gasteiger partial charge on any atom is -0.379 e. The van der Waals surface area contributed by atoms with E-state index in [4.69, 9.17) is 32.7 Å². The minimum absolute atomic E-state index is 0. The van der Waals surface area contributed by atoms with Crippen molar-refractivity contribution in [3.05, 3.63) is 22.3 Å². The molecular formula is C17H30Cl2IN5O2. The minimum atomic E-state index is 0. The molecule has 0 saturated carbocycles. The van der Waals surface area contributed by atoms with E-state index in [-0.39, 0.29) is 24.0 Å². The third-order valence-electron chi connectivity index (χ3n) is 3.29. The number of nitrogens with zero attached hydrogens (tertiary/aromatic N) is 2. The summed E-state index contributed by atoms with van der Waals surface area (Å²) >= 11 is 11.9. The van der Waals surface area contributed by atoms with E-state index in [1.165, 1.54) is 0 Å². The molecule has 0 fully saturated rings. The third kappa shape index (κ3) is 13.3. The number of aliphatic imine (C=N–C) groups is 1. The summed E-state index contributed by atoms with van der Waals surface area (Å²) in [6.07, 6.45) is 3.80. The Labute approximate surface area is 189 Å². The first kappa shape index (κ1) is 26.4. The van der Waals surface area contributed by atoms with Crippen LogP contribution in [0.25, 0.3) is 0 Å². The van der Waals surface area contributed by atoms with E-state index in [0.717, 1.165) is 19.4 Å². The summed E-state index contributed by atoms with van der Waals surface area (Å²) < 4.78 is 10.9. The van der Waals surface area contributed by atoms with Gasteiger partial charge < -0.3 is 25.4 Å². The number of unbranched alkanes of at least 4 members (excludes halogenated alkanes) is 1. The number of pyridine rings is 1. The van der Waals surface area contributed by atoms with Gasteiger partial charge in [0, 0.05) is 39.5 Å². The van der Waals surface area contributed by atoms with Crippen LogP contribution in [0.15, 0.2) is 17.3 Å². The smallest absolute Gasteiger partial charge is 0.191 e. The Morgan fingerprint density at radius 1 is 1.07 bits per heavy atom. The zero-order valence-corrected chi connectivity index (χ0v) is 19.7. The van der Waals surface area contributed by atoms with Crippen molar-refractivity contribution in [1.82, 2.24) is 15.6 Å². The molecule has 0 aliphatic carbocycles. The van der Waals surface area contributed by atoms with Gasteiger partial charge in [-0.1, -0.05) is 36.5 Å². The number of guanidine groups is 1. The van der Waals surface area contributed by atoms with Crippen LogP contribution in [0.4, 0.5) is 5.82 Å². The number of anilines is 1. The predicted molar refractivity (Wildman–Crippen MR) is 124 cm³/mol. The summed E-state index contributed by atoms with van der Waals surface area (Å²) in [6.45, 7) is 6.77. The maximum atomic E-state index is 6.06. The molecule has 0 amide bonds. The number of halogens is 3. The number of hydrogen-bond donors (Lipinski definition) is 3. The number of rotatable bonds is 13. The van der Waals surface area contributed by atoms with Gasteiger partial charge in [0.2, 0.25) is 0 Å². The van der Waals surface area contributed by atoms with Crippen molar-refractivity contribution >= 4 is 59.0 Å². The quantitative estimate of drug-likeness (QED) is 0.156. The molecule has 0 radical (unpaired) electrons. The SMILES string of the molecule is CCCCOCCOCCNC(=NC)NCCNc1ncc(Cl)cc1Cl.I. The first-order chi connectivity index (χ1) is 12.7. The summed E-state index contributed by atoms with van der Waals surface area (Å²) in [5.41, 5.74) is 0. The van der Waals surface area contributed by atoms with Crippen molar-refractivity contribution in [2.24, 2.45) is 4.99 Å². The molecule has 0 atom stereocenters. The van der Waals surface area contributed by atoms with Crippen molar-refractivity contribution in [1.29, 1.82) is 0 Å². The summed E-state index contributed by atoms with van der Waals surface area (Å²) in [5, 5.41) is 10.5. The Hall–Kier alpha value is -0.550. The van der Waals surface area contributed by atoms with E-state index < -0.39 is 0 Å². The maximum Gasteiger partial charge on any atom is 0.191 e. The van der Waals surface area contributed by atoms with E-state index in [9.17, 15) is 0 Å². The van der Waals surface area contributed by atoms with Crippen molar-refractivity contribution in [3.8, 4) is 0 Å². The first-order valence-electron chi connectivity index (χ1n) is 8.82. The highest BCUT2D eigenvalue weighted by Gasteiger charge is 2.02. The molecule has 1 aromatic heterocycles. The monoisotopic (exact) mass is 533 g/mol. The molecule has 0 spiro atoms. The second-order valence-electron chi connectivity index (χ2n) is 5.41. The average Bonchev–Trinajstić information content (AvgIpc) is 2.63. The Morgan fingerprint density at radius 2 is 1.78 bits per heavy atom. The van der Waals surface area contributed by atoms with Crippen LogP contribution >= 0.6 is 47.2 Å². The molecule has 1 heterocycles. The van der Waals surface area contributed by atoms with Gasteiger partial charge >= 0.3 is 0 Å². The van der Waals surface area contributed by atoms with Gasteiger partial charge in [0.1, 0.15) is 5.82 Å². The van der Waals surface area contributed by atoms with Crippen LogP contribution in [0.5, 0.6) is 0 Å². The molecule has 1 aromatic rings. The van der Waals surface area contributed by atoms with Gasteiger partial charge in [-0.15, -0.1) is 24.0 Å². The molecule has 27 heavy (non-hydrogen) atoms. The highest BCUT2D eigenvalue weighted by Crippen LogP contribution is 2.21. The van der Waals surface area contributed by atoms with Gasteiger partial charge in [-0.05, 0) is 12.5 Å². The lowest BCUT2D eigenvalue weighted by atomic mass is 10.4. The number of nitrogens with one attached hydrogen (secondary N) is 3. The zero-order chi connectivity index (χ0) is 19.0. The highest BCUT2D eigenvalue weighted by atomic mass is 127. The summed E-state index contributed by atoms with van der Waals surface area (Å²) in [5.74, 6) is 1.32. The topological polar surface area (TPSA) is 79.8 Å². The number of aromatic nitrogens is 1. The Morgan fingerprint density at radius 3 is 2.44 bits per heavy atom. The number of hydrogen-bond acceptors (Lipinski definition) is 5. The van der Waals surface area contributed by atoms with Gasteiger partial charge in [0.15, 0.2) is 5.96 Å². The molecule has 0 aromatic carbocycles. The van der Waals surface area contributed by atoms with Gasteiger partial charge in [-0.3, -0.25) is 4.99 Å². The normalized spacial score (nSPS) is 11.0. The van der Waals surface area contributed by atoms with Crippen molar-refractivity contribution in [3.63, 3.8) is 0 Å². The molecule has 3 N–H and O–H groups in total. The van der Waals surface area contributed by atoms with Gasteiger partial charge in [-0.25, -0.2) is 4.98 Å². The lowest BCUT2D eigenvalue weighted by molar-refractivity contribution is 0.0487. The second kappa shape index (κ2) is 17.5. The molecule has 1 rings (SSSR count). The van der Waals surface area contributed by atoms with Crippen LogP contribution in [0, 0.1) is 0 Å². The summed E-state index contributed by atoms with van der Waals surface area (Å²) in [4.78, 5) is 8.30. The van der Waals surface area contributed by atoms with E-state index >= 15 is 0 Å². The van der Waals surface area contributed by atoms with Crippen LogP contribution in [0.3, 0.4) is 0 Å². The molecule has 0 bridgehead atoms. The molecule has 156 valence electrons. The van der Waals surface area contributed by atoms with E-state index in [0.29, 0.717) is 61.3 Å². The zero-order valence-electron chi connectivity index (χ0n) is 15.9. The van der Waals surface area contributed by atoms with E-state index in [1.54, 1.807) is 19.3 Å². The second-order valence-corrected chi connectivity index (χ2v) is 6.26. The third-order valence-corrected chi connectivity index (χ3v) is 3.79.